The summed E-state index contributed by atoms with van der Waals surface area (Å²) in [5.74, 6) is 42.2. The minimum Gasteiger partial charge on any atom is -0.255 e. The van der Waals surface area contributed by atoms with Crippen molar-refractivity contribution in [2.24, 2.45) is 9.98 Å². The molecule has 0 aliphatic rings. The van der Waals surface area contributed by atoms with Crippen molar-refractivity contribution >= 4 is 23.3 Å². The summed E-state index contributed by atoms with van der Waals surface area (Å²) >= 11 is 0. The van der Waals surface area contributed by atoms with Gasteiger partial charge in [0.25, 0.3) is 0 Å². The van der Waals surface area contributed by atoms with Crippen LogP contribution in [0.1, 0.15) is 332 Å². The van der Waals surface area contributed by atoms with E-state index < -0.39 is 0 Å². The molecule has 0 atom stereocenters. The first-order valence-corrected chi connectivity index (χ1v) is 33.7. The predicted octanol–water partition coefficient (Wildman–Crippen LogP) is 22.8. The van der Waals surface area contributed by atoms with E-state index in [0.717, 1.165) is 190 Å². The second-order valence-electron chi connectivity index (χ2n) is 22.4. The van der Waals surface area contributed by atoms with Crippen LogP contribution in [0.4, 0.5) is 11.4 Å². The summed E-state index contributed by atoms with van der Waals surface area (Å²) in [5, 5.41) is 0. The molecule has 448 valence electrons. The standard InChI is InChI=1S/C78H116N2.Ni/c1-8-15-22-28-34-40-46-52-58-70-65-67-77(75(63-56-50-44-38-32-26-19-12-5)73(70)61-54-48-42-36-30-24-17-10-3)79-69-72(60-21-14-7)80-78-68-66-71(59-53-47-41-35-29-23-16-9-2)74(62-55-49-43-37-31-25-18-11-4)76(78)64-57-51-45-39-33-27-20-13-6;/h65-69H,8-33,46-64H2,1-7H3;. The summed E-state index contributed by atoms with van der Waals surface area (Å²) < 4.78 is 0. The Labute approximate surface area is 512 Å². The maximum Gasteiger partial charge on any atom is 0.0668 e. The average Bonchev–Trinajstić information content (AvgIpc) is 3.48. The first-order valence-electron chi connectivity index (χ1n) is 33.7. The Kier molecular flexibility index (Phi) is 51.7. The summed E-state index contributed by atoms with van der Waals surface area (Å²) in [6.45, 7) is 15.9. The minimum absolute atomic E-state index is 0. The van der Waals surface area contributed by atoms with Crippen LogP contribution >= 0.6 is 0 Å². The topological polar surface area (TPSA) is 24.7 Å². The fourth-order valence-electron chi connectivity index (χ4n) is 10.1. The van der Waals surface area contributed by atoms with E-state index in [2.05, 4.69) is 150 Å². The number of rotatable bonds is 42. The van der Waals surface area contributed by atoms with Crippen molar-refractivity contribution in [3.63, 3.8) is 0 Å². The molecule has 2 aromatic carbocycles. The minimum atomic E-state index is 0. The van der Waals surface area contributed by atoms with Crippen LogP contribution in [0.3, 0.4) is 0 Å². The first kappa shape index (κ1) is 74.6. The van der Waals surface area contributed by atoms with Gasteiger partial charge in [-0.2, -0.15) is 0 Å². The van der Waals surface area contributed by atoms with Crippen molar-refractivity contribution in [3.8, 4) is 71.0 Å². The molecule has 0 bridgehead atoms. The summed E-state index contributed by atoms with van der Waals surface area (Å²) in [4.78, 5) is 11.2. The van der Waals surface area contributed by atoms with E-state index in [1.807, 2.05) is 0 Å². The maximum absolute atomic E-state index is 5.69. The normalized spacial score (nSPS) is 10.7. The van der Waals surface area contributed by atoms with Crippen LogP contribution in [0.15, 0.2) is 34.3 Å². The third kappa shape index (κ3) is 38.9. The van der Waals surface area contributed by atoms with Crippen molar-refractivity contribution in [2.75, 3.05) is 0 Å². The molecule has 0 amide bonds. The molecule has 0 aliphatic carbocycles. The molecule has 0 unspecified atom stereocenters. The molecule has 0 aliphatic heterocycles. The number of aryl methyl sites for hydroxylation is 2. The van der Waals surface area contributed by atoms with Crippen molar-refractivity contribution in [3.05, 3.63) is 57.6 Å². The van der Waals surface area contributed by atoms with Crippen molar-refractivity contribution in [1.29, 1.82) is 0 Å². The van der Waals surface area contributed by atoms with Gasteiger partial charge in [-0.3, -0.25) is 9.98 Å². The summed E-state index contributed by atoms with van der Waals surface area (Å²) in [6, 6.07) is 9.48. The van der Waals surface area contributed by atoms with Gasteiger partial charge < -0.3 is 0 Å². The summed E-state index contributed by atoms with van der Waals surface area (Å²) in [7, 11) is 0. The van der Waals surface area contributed by atoms with E-state index in [-0.39, 0.29) is 16.5 Å². The smallest absolute Gasteiger partial charge is 0.0668 e. The van der Waals surface area contributed by atoms with Gasteiger partial charge in [0.1, 0.15) is 0 Å². The van der Waals surface area contributed by atoms with Gasteiger partial charge in [0.15, 0.2) is 0 Å². The third-order valence-electron chi connectivity index (χ3n) is 15.0. The van der Waals surface area contributed by atoms with Gasteiger partial charge in [-0.1, -0.05) is 144 Å². The van der Waals surface area contributed by atoms with Gasteiger partial charge in [-0.15, -0.1) is 71.0 Å². The van der Waals surface area contributed by atoms with E-state index in [1.165, 1.54) is 149 Å². The average molecular weight is 1140 g/mol. The van der Waals surface area contributed by atoms with Gasteiger partial charge in [0, 0.05) is 99.8 Å². The summed E-state index contributed by atoms with van der Waals surface area (Å²) in [6.07, 6.45) is 51.6. The fourth-order valence-corrected chi connectivity index (χ4v) is 10.1. The van der Waals surface area contributed by atoms with Gasteiger partial charge in [-0.25, -0.2) is 0 Å². The molecule has 0 heterocycles. The van der Waals surface area contributed by atoms with Gasteiger partial charge in [0.2, 0.25) is 0 Å². The van der Waals surface area contributed by atoms with Crippen LogP contribution in [0.2, 0.25) is 0 Å². The van der Waals surface area contributed by atoms with E-state index in [0.29, 0.717) is 0 Å². The Balaban J connectivity index is 0.0000328. The number of aliphatic imine (C=N–C) groups is 2. The zero-order valence-electron chi connectivity index (χ0n) is 53.4. The second-order valence-corrected chi connectivity index (χ2v) is 22.4. The Morgan fingerprint density at radius 3 is 0.864 bits per heavy atom. The Morgan fingerprint density at radius 1 is 0.296 bits per heavy atom. The second kappa shape index (κ2) is 56.1. The van der Waals surface area contributed by atoms with E-state index in [4.69, 9.17) is 9.98 Å². The van der Waals surface area contributed by atoms with Crippen LogP contribution in [0.25, 0.3) is 0 Å². The molecule has 2 aromatic rings. The number of hydrogen-bond acceptors (Lipinski definition) is 2. The van der Waals surface area contributed by atoms with E-state index >= 15 is 0 Å². The SMILES string of the molecule is CCCCCC#CCCCc1ccc(N=CC(CCCC)=Nc2ccc(CCCC#CCCCCC)c(CCCC#CCCCCC)c2CCCC#CCCCCC)c(CCCC#CCCCCC)c1CCCC#CCCCCC.[Ni]. The molecule has 0 saturated carbocycles. The van der Waals surface area contributed by atoms with Crippen molar-refractivity contribution < 1.29 is 16.5 Å². The fraction of sp³-hybridized carbons (Fsp3) is 0.667. The molecule has 0 N–H and O–H groups in total. The molecule has 0 spiro atoms. The zero-order valence-corrected chi connectivity index (χ0v) is 54.4. The van der Waals surface area contributed by atoms with Crippen molar-refractivity contribution in [2.45, 2.75) is 337 Å². The van der Waals surface area contributed by atoms with E-state index in [1.54, 1.807) is 0 Å². The van der Waals surface area contributed by atoms with E-state index in [9.17, 15) is 0 Å². The molecule has 2 rings (SSSR count). The molecule has 0 aromatic heterocycles. The molecule has 81 heavy (non-hydrogen) atoms. The molecular formula is C78H116N2Ni. The third-order valence-corrected chi connectivity index (χ3v) is 15.0. The maximum atomic E-state index is 5.69. The molecule has 0 radical (unpaired) electrons. The zero-order chi connectivity index (χ0) is 57.5. The Hall–Kier alpha value is -4.37. The number of nitrogens with zero attached hydrogens (tertiary/aromatic N) is 2. The Morgan fingerprint density at radius 2 is 0.556 bits per heavy atom. The first-order chi connectivity index (χ1) is 39.6. The van der Waals surface area contributed by atoms with Gasteiger partial charge >= 0.3 is 0 Å². The Bertz CT molecular complexity index is 2360. The number of unbranched alkanes of at least 4 members (excludes halogenated alkanes) is 25. The van der Waals surface area contributed by atoms with Crippen LogP contribution < -0.4 is 0 Å². The van der Waals surface area contributed by atoms with Crippen LogP contribution in [0, 0.1) is 71.0 Å². The van der Waals surface area contributed by atoms with Crippen molar-refractivity contribution in [1.82, 2.24) is 0 Å². The van der Waals surface area contributed by atoms with Crippen LogP contribution in [-0.2, 0) is 55.0 Å². The molecule has 0 saturated heterocycles. The molecular weight excluding hydrogens is 1020 g/mol. The largest absolute Gasteiger partial charge is 0.255 e. The molecule has 2 nitrogen and oxygen atoms in total. The van der Waals surface area contributed by atoms with Gasteiger partial charge in [-0.05, 0) is 174 Å². The van der Waals surface area contributed by atoms with Gasteiger partial charge in [0.05, 0.1) is 17.1 Å². The monoisotopic (exact) mass is 1140 g/mol. The van der Waals surface area contributed by atoms with Crippen LogP contribution in [0.5, 0.6) is 0 Å². The number of hydrogen-bond donors (Lipinski definition) is 0. The predicted molar refractivity (Wildman–Crippen MR) is 357 cm³/mol. The molecule has 0 fully saturated rings. The van der Waals surface area contributed by atoms with Crippen LogP contribution in [-0.4, -0.2) is 11.9 Å². The summed E-state index contributed by atoms with van der Waals surface area (Å²) in [5.41, 5.74) is 12.1. The number of benzene rings is 2. The molecule has 3 heteroatoms. The quantitative estimate of drug-likeness (QED) is 0.0274.